The number of methoxy groups -OCH3 is 1. The van der Waals surface area contributed by atoms with Gasteiger partial charge in [-0.1, -0.05) is 11.6 Å². The summed E-state index contributed by atoms with van der Waals surface area (Å²) in [6.07, 6.45) is 0.876. The summed E-state index contributed by atoms with van der Waals surface area (Å²) in [5.41, 5.74) is 1.60. The molecule has 0 fully saturated rings. The van der Waals surface area contributed by atoms with Gasteiger partial charge in [0.15, 0.2) is 11.5 Å². The van der Waals surface area contributed by atoms with Crippen molar-refractivity contribution in [3.8, 4) is 11.5 Å². The number of benzene rings is 1. The van der Waals surface area contributed by atoms with Crippen LogP contribution in [0.1, 0.15) is 12.1 Å². The molecular weight excluding hydrogens is 266 g/mol. The molecule has 0 saturated heterocycles. The lowest BCUT2D eigenvalue weighted by Gasteiger charge is -2.10. The monoisotopic (exact) mass is 279 g/mol. The van der Waals surface area contributed by atoms with Crippen LogP contribution >= 0.6 is 11.6 Å². The van der Waals surface area contributed by atoms with Crippen LogP contribution in [-0.2, 0) is 11.3 Å². The molecule has 3 rings (SSSR count). The number of pyridine rings is 1. The lowest BCUT2D eigenvalue weighted by molar-refractivity contribution is 0.182. The van der Waals surface area contributed by atoms with Gasteiger partial charge in [0.1, 0.15) is 0 Å². The number of halogens is 1. The van der Waals surface area contributed by atoms with E-state index >= 15 is 0 Å². The second-order valence-electron chi connectivity index (χ2n) is 4.39. The highest BCUT2D eigenvalue weighted by Gasteiger charge is 2.14. The maximum Gasteiger partial charge on any atom is 0.163 e. The van der Waals surface area contributed by atoms with E-state index in [1.807, 2.05) is 18.2 Å². The first-order valence-electron chi connectivity index (χ1n) is 6.15. The summed E-state index contributed by atoms with van der Waals surface area (Å²) in [4.78, 5) is 4.52. The van der Waals surface area contributed by atoms with E-state index in [0.717, 1.165) is 34.5 Å². The van der Waals surface area contributed by atoms with E-state index in [1.165, 1.54) is 0 Å². The smallest absolute Gasteiger partial charge is 0.163 e. The molecule has 0 radical (unpaired) electrons. The molecule has 0 bridgehead atoms. The minimum atomic E-state index is 0.435. The molecule has 1 aliphatic heterocycles. The largest absolute Gasteiger partial charge is 0.490 e. The van der Waals surface area contributed by atoms with Crippen molar-refractivity contribution in [3.63, 3.8) is 0 Å². The third-order valence-corrected chi connectivity index (χ3v) is 3.29. The molecule has 19 heavy (non-hydrogen) atoms. The number of nitrogens with zero attached hydrogens (tertiary/aromatic N) is 1. The zero-order valence-corrected chi connectivity index (χ0v) is 11.4. The summed E-state index contributed by atoms with van der Waals surface area (Å²) >= 11 is 6.29. The number of aromatic nitrogens is 1. The first-order valence-corrected chi connectivity index (χ1v) is 6.53. The van der Waals surface area contributed by atoms with Gasteiger partial charge in [-0.2, -0.15) is 0 Å². The standard InChI is InChI=1S/C14H14ClNO3/c1-17-8-9-5-11(15)10-6-13-14(7-12(10)16-9)19-4-2-3-18-13/h5-7H,2-4,8H2,1H3. The molecule has 0 atom stereocenters. The molecule has 4 nitrogen and oxygen atoms in total. The Morgan fingerprint density at radius 2 is 1.95 bits per heavy atom. The molecule has 0 aliphatic carbocycles. The van der Waals surface area contributed by atoms with Crippen molar-refractivity contribution in [1.29, 1.82) is 0 Å². The SMILES string of the molecule is COCc1cc(Cl)c2cc3c(cc2n1)OCCCO3. The molecule has 1 aliphatic rings. The van der Waals surface area contributed by atoms with Gasteiger partial charge in [-0.25, -0.2) is 0 Å². The van der Waals surface area contributed by atoms with E-state index in [2.05, 4.69) is 4.98 Å². The van der Waals surface area contributed by atoms with E-state index < -0.39 is 0 Å². The van der Waals surface area contributed by atoms with Crippen molar-refractivity contribution < 1.29 is 14.2 Å². The number of hydrogen-bond donors (Lipinski definition) is 0. The fourth-order valence-electron chi connectivity index (χ4n) is 2.11. The van der Waals surface area contributed by atoms with Gasteiger partial charge in [-0.3, -0.25) is 4.98 Å². The maximum absolute atomic E-state index is 6.29. The summed E-state index contributed by atoms with van der Waals surface area (Å²) in [6.45, 7) is 1.75. The molecule has 0 saturated carbocycles. The minimum Gasteiger partial charge on any atom is -0.490 e. The Labute approximate surface area is 116 Å². The Hall–Kier alpha value is -1.52. The van der Waals surface area contributed by atoms with Gasteiger partial charge in [0.2, 0.25) is 0 Å². The molecule has 0 unspecified atom stereocenters. The predicted molar refractivity (Wildman–Crippen MR) is 73.1 cm³/mol. The summed E-state index contributed by atoms with van der Waals surface area (Å²) in [5, 5.41) is 1.51. The lowest BCUT2D eigenvalue weighted by atomic mass is 10.1. The van der Waals surface area contributed by atoms with Crippen molar-refractivity contribution in [2.75, 3.05) is 20.3 Å². The third kappa shape index (κ3) is 2.46. The molecule has 1 aromatic carbocycles. The fraction of sp³-hybridized carbons (Fsp3) is 0.357. The molecule has 100 valence electrons. The van der Waals surface area contributed by atoms with Gasteiger partial charge in [-0.05, 0) is 12.1 Å². The van der Waals surface area contributed by atoms with Gasteiger partial charge >= 0.3 is 0 Å². The molecule has 0 spiro atoms. The average Bonchev–Trinajstić information content (AvgIpc) is 2.62. The van der Waals surface area contributed by atoms with E-state index in [9.17, 15) is 0 Å². The van der Waals surface area contributed by atoms with Crippen LogP contribution < -0.4 is 9.47 Å². The first kappa shape index (κ1) is 12.5. The average molecular weight is 280 g/mol. The Balaban J connectivity index is 2.14. The molecule has 0 amide bonds. The molecular formula is C14H14ClNO3. The van der Waals surface area contributed by atoms with Crippen LogP contribution in [-0.4, -0.2) is 25.3 Å². The van der Waals surface area contributed by atoms with Crippen LogP contribution in [0.4, 0.5) is 0 Å². The number of fused-ring (bicyclic) bond motifs is 2. The normalized spacial score (nSPS) is 14.4. The highest BCUT2D eigenvalue weighted by Crippen LogP contribution is 2.36. The quantitative estimate of drug-likeness (QED) is 0.846. The predicted octanol–water partition coefficient (Wildman–Crippen LogP) is 3.20. The van der Waals surface area contributed by atoms with Gasteiger partial charge < -0.3 is 14.2 Å². The number of ether oxygens (including phenoxy) is 3. The van der Waals surface area contributed by atoms with E-state index in [1.54, 1.807) is 7.11 Å². The highest BCUT2D eigenvalue weighted by molar-refractivity contribution is 6.35. The Morgan fingerprint density at radius 1 is 1.21 bits per heavy atom. The van der Waals surface area contributed by atoms with Crippen LogP contribution in [0.3, 0.4) is 0 Å². The Bertz CT molecular complexity index is 615. The maximum atomic E-state index is 6.29. The van der Waals surface area contributed by atoms with Crippen LogP contribution in [0, 0.1) is 0 Å². The van der Waals surface area contributed by atoms with E-state index in [4.69, 9.17) is 25.8 Å². The van der Waals surface area contributed by atoms with Crippen LogP contribution in [0.25, 0.3) is 10.9 Å². The summed E-state index contributed by atoms with van der Waals surface area (Å²) in [5.74, 6) is 1.45. The van der Waals surface area contributed by atoms with Gasteiger partial charge in [0.25, 0.3) is 0 Å². The molecule has 2 heterocycles. The minimum absolute atomic E-state index is 0.435. The van der Waals surface area contributed by atoms with Crippen molar-refractivity contribution in [2.45, 2.75) is 13.0 Å². The lowest BCUT2D eigenvalue weighted by Crippen LogP contribution is -1.97. The van der Waals surface area contributed by atoms with Crippen LogP contribution in [0.15, 0.2) is 18.2 Å². The zero-order valence-electron chi connectivity index (χ0n) is 10.6. The second-order valence-corrected chi connectivity index (χ2v) is 4.80. The molecule has 1 aromatic heterocycles. The second kappa shape index (κ2) is 5.23. The topological polar surface area (TPSA) is 40.6 Å². The Morgan fingerprint density at radius 3 is 2.68 bits per heavy atom. The van der Waals surface area contributed by atoms with Crippen LogP contribution in [0.2, 0.25) is 5.02 Å². The third-order valence-electron chi connectivity index (χ3n) is 2.97. The first-order chi connectivity index (χ1) is 9.28. The Kier molecular flexibility index (Phi) is 3.44. The summed E-state index contributed by atoms with van der Waals surface area (Å²) in [6, 6.07) is 5.58. The highest BCUT2D eigenvalue weighted by atomic mass is 35.5. The molecule has 0 N–H and O–H groups in total. The van der Waals surface area contributed by atoms with Crippen molar-refractivity contribution in [1.82, 2.24) is 4.98 Å². The van der Waals surface area contributed by atoms with Gasteiger partial charge in [0, 0.05) is 25.0 Å². The molecule has 2 aromatic rings. The summed E-state index contributed by atoms with van der Waals surface area (Å²) < 4.78 is 16.4. The zero-order chi connectivity index (χ0) is 13.2. The van der Waals surface area contributed by atoms with E-state index in [-0.39, 0.29) is 0 Å². The van der Waals surface area contributed by atoms with Gasteiger partial charge in [0.05, 0.1) is 36.1 Å². The number of hydrogen-bond acceptors (Lipinski definition) is 4. The molecule has 5 heteroatoms. The van der Waals surface area contributed by atoms with Crippen LogP contribution in [0.5, 0.6) is 11.5 Å². The number of rotatable bonds is 2. The van der Waals surface area contributed by atoms with Crippen molar-refractivity contribution >= 4 is 22.5 Å². The van der Waals surface area contributed by atoms with Crippen molar-refractivity contribution in [3.05, 3.63) is 28.9 Å². The van der Waals surface area contributed by atoms with E-state index in [0.29, 0.717) is 24.8 Å². The summed E-state index contributed by atoms with van der Waals surface area (Å²) in [7, 11) is 1.63. The van der Waals surface area contributed by atoms with Crippen molar-refractivity contribution in [2.24, 2.45) is 0 Å². The van der Waals surface area contributed by atoms with Gasteiger partial charge in [-0.15, -0.1) is 0 Å². The fourth-order valence-corrected chi connectivity index (χ4v) is 2.39.